The number of amides is 4. The van der Waals surface area contributed by atoms with E-state index in [1.807, 2.05) is 13.8 Å². The lowest BCUT2D eigenvalue weighted by Gasteiger charge is -2.37. The molecule has 2 aliphatic carbocycles. The van der Waals surface area contributed by atoms with Crippen molar-refractivity contribution in [2.45, 2.75) is 109 Å². The van der Waals surface area contributed by atoms with Crippen molar-refractivity contribution in [3.63, 3.8) is 0 Å². The SMILES string of the molecule is CC(C)(C)C(NC(=O)OCCCC(F)(F)C(F)(F)F)C(=O)N1CC2C(C1C(=O)NC(C#N)CC1CC3(CC3)NC1=O)C2(C)C. The van der Waals surface area contributed by atoms with E-state index in [9.17, 15) is 46.4 Å². The van der Waals surface area contributed by atoms with E-state index in [0.717, 1.165) is 12.8 Å². The molecule has 246 valence electrons. The number of nitrogens with zero attached hydrogens (tertiary/aromatic N) is 2. The van der Waals surface area contributed by atoms with Crippen molar-refractivity contribution in [2.24, 2.45) is 28.6 Å². The summed E-state index contributed by atoms with van der Waals surface area (Å²) in [5.41, 5.74) is -1.35. The third kappa shape index (κ3) is 6.73. The zero-order chi connectivity index (χ0) is 33.0. The minimum atomic E-state index is -5.72. The summed E-state index contributed by atoms with van der Waals surface area (Å²) in [5.74, 6) is -6.83. The van der Waals surface area contributed by atoms with Crippen LogP contribution in [-0.2, 0) is 19.1 Å². The molecule has 10 nitrogen and oxygen atoms in total. The number of nitriles is 1. The Balaban J connectivity index is 1.40. The highest BCUT2D eigenvalue weighted by atomic mass is 19.4. The first-order valence-corrected chi connectivity index (χ1v) is 14.8. The second-order valence-corrected chi connectivity index (χ2v) is 14.4. The first-order valence-electron chi connectivity index (χ1n) is 14.8. The quantitative estimate of drug-likeness (QED) is 0.248. The zero-order valence-corrected chi connectivity index (χ0v) is 25.4. The maximum Gasteiger partial charge on any atom is 0.453 e. The summed E-state index contributed by atoms with van der Waals surface area (Å²) in [5, 5.41) is 17.9. The topological polar surface area (TPSA) is 141 Å². The van der Waals surface area contributed by atoms with Crippen LogP contribution < -0.4 is 16.0 Å². The Kier molecular flexibility index (Phi) is 8.67. The molecule has 2 saturated carbocycles. The van der Waals surface area contributed by atoms with Crippen LogP contribution in [-0.4, -0.2) is 77.6 Å². The maximum atomic E-state index is 13.9. The molecule has 0 aromatic heterocycles. The molecule has 1 spiro atoms. The van der Waals surface area contributed by atoms with Gasteiger partial charge in [0.2, 0.25) is 17.7 Å². The van der Waals surface area contributed by atoms with Gasteiger partial charge in [0.1, 0.15) is 18.1 Å². The smallest absolute Gasteiger partial charge is 0.450 e. The molecular weight excluding hydrogens is 593 g/mol. The predicted octanol–water partition coefficient (Wildman–Crippen LogP) is 3.66. The first-order chi connectivity index (χ1) is 20.1. The lowest BCUT2D eigenvalue weighted by atomic mass is 9.85. The van der Waals surface area contributed by atoms with E-state index in [-0.39, 0.29) is 41.7 Å². The van der Waals surface area contributed by atoms with Gasteiger partial charge in [-0.2, -0.15) is 27.2 Å². The van der Waals surface area contributed by atoms with Gasteiger partial charge in [0.05, 0.1) is 12.7 Å². The number of halogens is 5. The summed E-state index contributed by atoms with van der Waals surface area (Å²) < 4.78 is 68.2. The van der Waals surface area contributed by atoms with Crippen LogP contribution >= 0.6 is 0 Å². The summed E-state index contributed by atoms with van der Waals surface area (Å²) in [6, 6.07) is -1.07. The van der Waals surface area contributed by atoms with Crippen molar-refractivity contribution < 1.29 is 45.9 Å². The normalized spacial score (nSPS) is 27.9. The Hall–Kier alpha value is -3.18. The highest BCUT2D eigenvalue weighted by Gasteiger charge is 2.70. The molecule has 4 fully saturated rings. The van der Waals surface area contributed by atoms with Gasteiger partial charge in [-0.25, -0.2) is 4.79 Å². The summed E-state index contributed by atoms with van der Waals surface area (Å²) >= 11 is 0. The Morgan fingerprint density at radius 1 is 1.14 bits per heavy atom. The largest absolute Gasteiger partial charge is 0.453 e. The van der Waals surface area contributed by atoms with E-state index in [1.165, 1.54) is 4.90 Å². The van der Waals surface area contributed by atoms with E-state index in [2.05, 4.69) is 22.0 Å². The van der Waals surface area contributed by atoms with E-state index in [4.69, 9.17) is 4.74 Å². The van der Waals surface area contributed by atoms with Gasteiger partial charge in [0.15, 0.2) is 0 Å². The van der Waals surface area contributed by atoms with Crippen LogP contribution in [0.15, 0.2) is 0 Å². The average molecular weight is 634 g/mol. The molecule has 3 N–H and O–H groups in total. The lowest BCUT2D eigenvalue weighted by molar-refractivity contribution is -0.284. The van der Waals surface area contributed by atoms with E-state index >= 15 is 0 Å². The fraction of sp³-hybridized carbons (Fsp3) is 0.828. The summed E-state index contributed by atoms with van der Waals surface area (Å²) in [7, 11) is 0. The highest BCUT2D eigenvalue weighted by Crippen LogP contribution is 2.65. The fourth-order valence-electron chi connectivity index (χ4n) is 6.72. The number of nitrogens with one attached hydrogen (secondary N) is 3. The van der Waals surface area contributed by atoms with Crippen molar-refractivity contribution >= 4 is 23.8 Å². The van der Waals surface area contributed by atoms with Gasteiger partial charge in [0.25, 0.3) is 0 Å². The third-order valence-electron chi connectivity index (χ3n) is 9.66. The van der Waals surface area contributed by atoms with Crippen LogP contribution in [0, 0.1) is 39.9 Å². The van der Waals surface area contributed by atoms with Gasteiger partial charge >= 0.3 is 18.2 Å². The third-order valence-corrected chi connectivity index (χ3v) is 9.66. The van der Waals surface area contributed by atoms with Crippen LogP contribution in [0.25, 0.3) is 0 Å². The van der Waals surface area contributed by atoms with Gasteiger partial charge in [-0.3, -0.25) is 14.4 Å². The molecule has 0 bridgehead atoms. The molecule has 0 aromatic rings. The molecule has 2 aliphatic heterocycles. The lowest BCUT2D eigenvalue weighted by Crippen LogP contribution is -2.59. The van der Waals surface area contributed by atoms with Crippen LogP contribution in [0.1, 0.15) is 73.1 Å². The highest BCUT2D eigenvalue weighted by molar-refractivity contribution is 5.93. The molecule has 6 unspecified atom stereocenters. The van der Waals surface area contributed by atoms with Gasteiger partial charge in [-0.1, -0.05) is 34.6 Å². The van der Waals surface area contributed by atoms with Crippen LogP contribution in [0.2, 0.25) is 0 Å². The predicted molar refractivity (Wildman–Crippen MR) is 145 cm³/mol. The molecule has 15 heteroatoms. The number of fused-ring (bicyclic) bond motifs is 1. The number of rotatable bonds is 10. The number of ether oxygens (including phenoxy) is 1. The van der Waals surface area contributed by atoms with Crippen LogP contribution in [0.4, 0.5) is 26.7 Å². The number of piperidine rings is 1. The molecule has 6 atom stereocenters. The van der Waals surface area contributed by atoms with Crippen LogP contribution in [0.3, 0.4) is 0 Å². The Morgan fingerprint density at radius 2 is 1.77 bits per heavy atom. The van der Waals surface area contributed by atoms with Crippen LogP contribution in [0.5, 0.6) is 0 Å². The molecule has 0 radical (unpaired) electrons. The second kappa shape index (κ2) is 11.3. The maximum absolute atomic E-state index is 13.9. The fourth-order valence-corrected chi connectivity index (χ4v) is 6.72. The number of carbonyl (C=O) groups is 4. The van der Waals surface area contributed by atoms with Gasteiger partial charge in [0, 0.05) is 24.4 Å². The first kappa shape index (κ1) is 33.7. The molecule has 2 heterocycles. The number of alkyl halides is 5. The van der Waals surface area contributed by atoms with Crippen molar-refractivity contribution in [2.75, 3.05) is 13.2 Å². The minimum absolute atomic E-state index is 0.0130. The number of carbonyl (C=O) groups excluding carboxylic acids is 4. The van der Waals surface area contributed by atoms with E-state index in [0.29, 0.717) is 6.42 Å². The Morgan fingerprint density at radius 3 is 2.30 bits per heavy atom. The second-order valence-electron chi connectivity index (χ2n) is 14.4. The number of hydrogen-bond acceptors (Lipinski definition) is 6. The number of alkyl carbamates (subject to hydrolysis) is 1. The van der Waals surface area contributed by atoms with Gasteiger partial charge in [-0.15, -0.1) is 0 Å². The minimum Gasteiger partial charge on any atom is -0.450 e. The molecule has 2 saturated heterocycles. The van der Waals surface area contributed by atoms with Crippen molar-refractivity contribution in [3.8, 4) is 6.07 Å². The zero-order valence-electron chi connectivity index (χ0n) is 25.4. The number of hydrogen-bond donors (Lipinski definition) is 3. The summed E-state index contributed by atoms with van der Waals surface area (Å²) in [4.78, 5) is 53.8. The van der Waals surface area contributed by atoms with E-state index < -0.39 is 78.9 Å². The molecule has 4 amide bonds. The summed E-state index contributed by atoms with van der Waals surface area (Å²) in [6.07, 6.45) is -6.69. The van der Waals surface area contributed by atoms with Crippen molar-refractivity contribution in [1.82, 2.24) is 20.9 Å². The van der Waals surface area contributed by atoms with Crippen molar-refractivity contribution in [3.05, 3.63) is 0 Å². The van der Waals surface area contributed by atoms with Gasteiger partial charge in [-0.05, 0) is 54.8 Å². The monoisotopic (exact) mass is 633 g/mol. The molecule has 4 rings (SSSR count). The number of likely N-dealkylation sites (tertiary alicyclic amines) is 1. The molecule has 0 aromatic carbocycles. The summed E-state index contributed by atoms with van der Waals surface area (Å²) in [6.45, 7) is 8.40. The molecule has 44 heavy (non-hydrogen) atoms. The Bertz CT molecular complexity index is 1220. The molecular formula is C29H40F5N5O5. The Labute approximate surface area is 252 Å². The van der Waals surface area contributed by atoms with Crippen molar-refractivity contribution in [1.29, 1.82) is 5.26 Å². The van der Waals surface area contributed by atoms with E-state index in [1.54, 1.807) is 20.8 Å². The van der Waals surface area contributed by atoms with Gasteiger partial charge < -0.3 is 25.6 Å². The standard InChI is InChI=1S/C29H40F5N5O5/c1-25(2,3)20(37-24(43)44-10-6-7-28(30,31)29(32,33)34)23(42)39-14-17-18(26(17,4)5)19(39)22(41)36-16(13-35)11-15-12-27(8-9-27)38-21(15)40/h15-20H,6-12,14H2,1-5H3,(H,36,41)(H,37,43)(H,38,40). The average Bonchev–Trinajstić information content (AvgIpc) is 3.61. The molecule has 4 aliphatic rings.